The van der Waals surface area contributed by atoms with Gasteiger partial charge >= 0.3 is 6.01 Å². The fourth-order valence-electron chi connectivity index (χ4n) is 1.58. The van der Waals surface area contributed by atoms with E-state index in [-0.39, 0.29) is 0 Å². The van der Waals surface area contributed by atoms with Gasteiger partial charge in [0.1, 0.15) is 0 Å². The molecule has 0 atom stereocenters. The minimum Gasteiger partial charge on any atom is -0.408 e. The number of halogens is 2. The van der Waals surface area contributed by atoms with Crippen LogP contribution in [0.15, 0.2) is 22.6 Å². The first-order valence-electron chi connectivity index (χ1n) is 5.89. The molecule has 1 heterocycles. The van der Waals surface area contributed by atoms with Crippen LogP contribution < -0.4 is 11.1 Å². The van der Waals surface area contributed by atoms with E-state index in [1.165, 1.54) is 0 Å². The van der Waals surface area contributed by atoms with E-state index >= 15 is 0 Å². The standard InChI is InChI=1S/C12H14Cl2N4O/c13-9-2-1-8(10(14)7-9)4-6-16-12-18-17-11(19-12)3-5-15/h1-2,7H,3-6,15H2,(H,16,18). The Morgan fingerprint density at radius 1 is 1.21 bits per heavy atom. The van der Waals surface area contributed by atoms with Crippen molar-refractivity contribution in [2.24, 2.45) is 5.73 Å². The second-order valence-corrected chi connectivity index (χ2v) is 4.80. The first kappa shape index (κ1) is 14.1. The number of nitrogens with two attached hydrogens (primary N) is 1. The molecule has 2 rings (SSSR count). The first-order valence-corrected chi connectivity index (χ1v) is 6.65. The van der Waals surface area contributed by atoms with Gasteiger partial charge in [-0.25, -0.2) is 0 Å². The normalized spacial score (nSPS) is 10.7. The van der Waals surface area contributed by atoms with E-state index < -0.39 is 0 Å². The largest absolute Gasteiger partial charge is 0.408 e. The Hall–Kier alpha value is -1.30. The van der Waals surface area contributed by atoms with Crippen LogP contribution in [0.25, 0.3) is 0 Å². The quantitative estimate of drug-likeness (QED) is 0.857. The lowest BCUT2D eigenvalue weighted by Crippen LogP contribution is -2.05. The molecule has 0 amide bonds. The summed E-state index contributed by atoms with van der Waals surface area (Å²) in [7, 11) is 0. The van der Waals surface area contributed by atoms with Crippen LogP contribution in [0, 0.1) is 0 Å². The van der Waals surface area contributed by atoms with Crippen molar-refractivity contribution in [2.75, 3.05) is 18.4 Å². The molecule has 0 saturated heterocycles. The van der Waals surface area contributed by atoms with E-state index in [1.807, 2.05) is 12.1 Å². The van der Waals surface area contributed by atoms with Crippen LogP contribution in [-0.2, 0) is 12.8 Å². The monoisotopic (exact) mass is 300 g/mol. The molecule has 1 aromatic carbocycles. The molecule has 0 spiro atoms. The van der Waals surface area contributed by atoms with Crippen molar-refractivity contribution in [3.63, 3.8) is 0 Å². The van der Waals surface area contributed by atoms with Crippen molar-refractivity contribution in [3.05, 3.63) is 39.7 Å². The SMILES string of the molecule is NCCc1nnc(NCCc2ccc(Cl)cc2Cl)o1. The summed E-state index contributed by atoms with van der Waals surface area (Å²) in [5, 5.41) is 12.1. The Bertz CT molecular complexity index is 544. The molecule has 0 fully saturated rings. The van der Waals surface area contributed by atoms with E-state index in [4.69, 9.17) is 33.4 Å². The first-order chi connectivity index (χ1) is 9.19. The van der Waals surface area contributed by atoms with E-state index in [0.717, 1.165) is 12.0 Å². The number of rotatable bonds is 6. The maximum absolute atomic E-state index is 6.08. The number of nitrogens with one attached hydrogen (secondary N) is 1. The molecule has 0 aliphatic heterocycles. The zero-order valence-electron chi connectivity index (χ0n) is 10.2. The smallest absolute Gasteiger partial charge is 0.315 e. The lowest BCUT2D eigenvalue weighted by Gasteiger charge is -2.04. The third-order valence-corrected chi connectivity index (χ3v) is 3.10. The van der Waals surface area contributed by atoms with Crippen molar-refractivity contribution in [1.82, 2.24) is 10.2 Å². The van der Waals surface area contributed by atoms with Gasteiger partial charge in [-0.15, -0.1) is 5.10 Å². The predicted molar refractivity (Wildman–Crippen MR) is 75.7 cm³/mol. The Balaban J connectivity index is 1.85. The molecule has 3 N–H and O–H groups in total. The van der Waals surface area contributed by atoms with Gasteiger partial charge in [-0.3, -0.25) is 0 Å². The van der Waals surface area contributed by atoms with Crippen LogP contribution in [0.5, 0.6) is 0 Å². The number of anilines is 1. The van der Waals surface area contributed by atoms with Crippen LogP contribution in [0.2, 0.25) is 10.0 Å². The Labute approximate surface area is 121 Å². The predicted octanol–water partition coefficient (Wildman–Crippen LogP) is 2.53. The van der Waals surface area contributed by atoms with Crippen molar-refractivity contribution in [1.29, 1.82) is 0 Å². The van der Waals surface area contributed by atoms with Gasteiger partial charge in [0, 0.05) is 29.6 Å². The molecule has 0 radical (unpaired) electrons. The fourth-order valence-corrected chi connectivity index (χ4v) is 2.08. The molecular formula is C12H14Cl2N4O. The minimum absolute atomic E-state index is 0.397. The van der Waals surface area contributed by atoms with Crippen molar-refractivity contribution < 1.29 is 4.42 Å². The molecule has 0 bridgehead atoms. The third-order valence-electron chi connectivity index (χ3n) is 2.51. The van der Waals surface area contributed by atoms with Gasteiger partial charge in [-0.2, -0.15) is 0 Å². The summed E-state index contributed by atoms with van der Waals surface area (Å²) in [4.78, 5) is 0. The maximum atomic E-state index is 6.08. The maximum Gasteiger partial charge on any atom is 0.315 e. The molecule has 1 aromatic heterocycles. The van der Waals surface area contributed by atoms with E-state index in [9.17, 15) is 0 Å². The molecule has 19 heavy (non-hydrogen) atoms. The van der Waals surface area contributed by atoms with Crippen molar-refractivity contribution in [2.45, 2.75) is 12.8 Å². The van der Waals surface area contributed by atoms with Crippen LogP contribution in [0.4, 0.5) is 6.01 Å². The van der Waals surface area contributed by atoms with Crippen LogP contribution in [0.1, 0.15) is 11.5 Å². The number of benzene rings is 1. The zero-order chi connectivity index (χ0) is 13.7. The highest BCUT2D eigenvalue weighted by Crippen LogP contribution is 2.21. The Kier molecular flexibility index (Phi) is 5.01. The van der Waals surface area contributed by atoms with Gasteiger partial charge in [-0.05, 0) is 24.1 Å². The highest BCUT2D eigenvalue weighted by molar-refractivity contribution is 6.35. The van der Waals surface area contributed by atoms with E-state index in [1.54, 1.807) is 6.07 Å². The lowest BCUT2D eigenvalue weighted by atomic mass is 10.1. The van der Waals surface area contributed by atoms with Gasteiger partial charge in [-0.1, -0.05) is 34.4 Å². The van der Waals surface area contributed by atoms with Crippen LogP contribution in [0.3, 0.4) is 0 Å². The number of aromatic nitrogens is 2. The lowest BCUT2D eigenvalue weighted by molar-refractivity contribution is 0.506. The van der Waals surface area contributed by atoms with Crippen molar-refractivity contribution in [3.8, 4) is 0 Å². The zero-order valence-corrected chi connectivity index (χ0v) is 11.7. The molecular weight excluding hydrogens is 287 g/mol. The molecule has 0 unspecified atom stereocenters. The highest BCUT2D eigenvalue weighted by Gasteiger charge is 2.05. The molecule has 2 aromatic rings. The molecule has 7 heteroatoms. The second kappa shape index (κ2) is 6.75. The number of nitrogens with zero attached hydrogens (tertiary/aromatic N) is 2. The summed E-state index contributed by atoms with van der Waals surface area (Å²) >= 11 is 11.9. The summed E-state index contributed by atoms with van der Waals surface area (Å²) in [5.74, 6) is 0.537. The van der Waals surface area contributed by atoms with E-state index in [2.05, 4.69) is 15.5 Å². The average molecular weight is 301 g/mol. The van der Waals surface area contributed by atoms with Crippen molar-refractivity contribution >= 4 is 29.2 Å². The summed E-state index contributed by atoms with van der Waals surface area (Å²) in [6.45, 7) is 1.13. The molecule has 0 aliphatic rings. The fraction of sp³-hybridized carbons (Fsp3) is 0.333. The molecule has 0 aliphatic carbocycles. The summed E-state index contributed by atoms with van der Waals surface area (Å²) < 4.78 is 5.34. The highest BCUT2D eigenvalue weighted by atomic mass is 35.5. The van der Waals surface area contributed by atoms with Gasteiger partial charge in [0.05, 0.1) is 0 Å². The number of hydrogen-bond donors (Lipinski definition) is 2. The minimum atomic E-state index is 0.397. The average Bonchev–Trinajstić information content (AvgIpc) is 2.80. The Morgan fingerprint density at radius 3 is 2.79 bits per heavy atom. The van der Waals surface area contributed by atoms with Gasteiger partial charge in [0.15, 0.2) is 0 Å². The topological polar surface area (TPSA) is 77.0 Å². The van der Waals surface area contributed by atoms with E-state index in [0.29, 0.717) is 41.5 Å². The van der Waals surface area contributed by atoms with Gasteiger partial charge < -0.3 is 15.5 Å². The molecule has 0 saturated carbocycles. The second-order valence-electron chi connectivity index (χ2n) is 3.95. The van der Waals surface area contributed by atoms with Gasteiger partial charge in [0.25, 0.3) is 0 Å². The van der Waals surface area contributed by atoms with Crippen LogP contribution in [-0.4, -0.2) is 23.3 Å². The van der Waals surface area contributed by atoms with Gasteiger partial charge in [0.2, 0.25) is 5.89 Å². The summed E-state index contributed by atoms with van der Waals surface area (Å²) in [6.07, 6.45) is 1.32. The summed E-state index contributed by atoms with van der Waals surface area (Å²) in [6, 6.07) is 5.84. The Morgan fingerprint density at radius 2 is 2.05 bits per heavy atom. The molecule has 102 valence electrons. The number of hydrogen-bond acceptors (Lipinski definition) is 5. The summed E-state index contributed by atoms with van der Waals surface area (Å²) in [5.41, 5.74) is 6.42. The molecule has 5 nitrogen and oxygen atoms in total. The third kappa shape index (κ3) is 4.09. The van der Waals surface area contributed by atoms with Crippen LogP contribution >= 0.6 is 23.2 Å².